The van der Waals surface area contributed by atoms with Crippen LogP contribution in [0, 0.1) is 0 Å². The third kappa shape index (κ3) is 1.93. The van der Waals surface area contributed by atoms with Gasteiger partial charge in [0.15, 0.2) is 5.65 Å². The van der Waals surface area contributed by atoms with Crippen molar-refractivity contribution in [2.75, 3.05) is 5.73 Å². The van der Waals surface area contributed by atoms with Gasteiger partial charge in [0.25, 0.3) is 0 Å². The number of nitrogens with two attached hydrogens (primary N) is 1. The summed E-state index contributed by atoms with van der Waals surface area (Å²) in [6.07, 6.45) is 1.55. The monoisotopic (exact) mass is 277 g/mol. The van der Waals surface area contributed by atoms with E-state index in [-0.39, 0.29) is 0 Å². The Bertz CT molecular complexity index is 930. The third-order valence-corrected chi connectivity index (χ3v) is 3.22. The average Bonchev–Trinajstić information content (AvgIpc) is 2.98. The van der Waals surface area contributed by atoms with Gasteiger partial charge in [-0.15, -0.1) is 15.3 Å². The first kappa shape index (κ1) is 11.7. The molecular formula is C15H11N5O. The highest BCUT2D eigenvalue weighted by Crippen LogP contribution is 2.29. The first-order valence-electron chi connectivity index (χ1n) is 6.43. The van der Waals surface area contributed by atoms with Crippen LogP contribution in [0.15, 0.2) is 54.9 Å². The van der Waals surface area contributed by atoms with E-state index >= 15 is 0 Å². The molecule has 2 aromatic carbocycles. The number of anilines is 1. The normalized spacial score (nSPS) is 11.0. The number of ether oxygens (including phenoxy) is 1. The highest BCUT2D eigenvalue weighted by Gasteiger charge is 2.11. The van der Waals surface area contributed by atoms with Crippen LogP contribution in [0.1, 0.15) is 0 Å². The fourth-order valence-electron chi connectivity index (χ4n) is 2.22. The van der Waals surface area contributed by atoms with Crippen LogP contribution in [0.25, 0.3) is 16.4 Å². The summed E-state index contributed by atoms with van der Waals surface area (Å²) in [5.74, 6) is 1.18. The van der Waals surface area contributed by atoms with Gasteiger partial charge in [0, 0.05) is 16.5 Å². The lowest BCUT2D eigenvalue weighted by atomic mass is 10.2. The highest BCUT2D eigenvalue weighted by molar-refractivity contribution is 5.96. The van der Waals surface area contributed by atoms with E-state index in [1.54, 1.807) is 23.0 Å². The topological polar surface area (TPSA) is 78.3 Å². The second-order valence-electron chi connectivity index (χ2n) is 4.62. The van der Waals surface area contributed by atoms with E-state index in [1.165, 1.54) is 0 Å². The van der Waals surface area contributed by atoms with Crippen molar-refractivity contribution >= 4 is 22.1 Å². The van der Waals surface area contributed by atoms with Gasteiger partial charge in [-0.1, -0.05) is 18.2 Å². The quantitative estimate of drug-likeness (QED) is 0.570. The van der Waals surface area contributed by atoms with Crippen LogP contribution in [-0.2, 0) is 0 Å². The van der Waals surface area contributed by atoms with Crippen molar-refractivity contribution in [2.24, 2.45) is 0 Å². The van der Waals surface area contributed by atoms with Crippen molar-refractivity contribution in [1.82, 2.24) is 19.8 Å². The van der Waals surface area contributed by atoms with E-state index in [2.05, 4.69) is 15.3 Å². The van der Waals surface area contributed by atoms with Gasteiger partial charge in [-0.2, -0.15) is 4.52 Å². The van der Waals surface area contributed by atoms with E-state index in [1.807, 2.05) is 36.4 Å². The smallest absolute Gasteiger partial charge is 0.245 e. The number of fused-ring (bicyclic) bond motifs is 3. The number of nitrogens with zero attached hydrogens (tertiary/aromatic N) is 4. The molecule has 6 heteroatoms. The molecule has 0 aliphatic carbocycles. The van der Waals surface area contributed by atoms with E-state index < -0.39 is 0 Å². The van der Waals surface area contributed by atoms with Crippen LogP contribution in [0.4, 0.5) is 5.69 Å². The molecule has 102 valence electrons. The molecule has 2 N–H and O–H groups in total. The molecule has 4 rings (SSSR count). The molecule has 6 nitrogen and oxygen atoms in total. The lowest BCUT2D eigenvalue weighted by molar-refractivity contribution is 0.459. The zero-order chi connectivity index (χ0) is 14.2. The van der Waals surface area contributed by atoms with Gasteiger partial charge >= 0.3 is 0 Å². The fourth-order valence-corrected chi connectivity index (χ4v) is 2.22. The molecule has 0 fully saturated rings. The molecule has 0 spiro atoms. The molecule has 0 radical (unpaired) electrons. The predicted octanol–water partition coefficient (Wildman–Crippen LogP) is 2.65. The maximum atomic E-state index is 5.88. The largest absolute Gasteiger partial charge is 0.437 e. The van der Waals surface area contributed by atoms with Gasteiger partial charge in [0.2, 0.25) is 5.88 Å². The molecule has 0 bridgehead atoms. The Morgan fingerprint density at radius 2 is 1.71 bits per heavy atom. The first-order chi connectivity index (χ1) is 10.3. The van der Waals surface area contributed by atoms with Crippen molar-refractivity contribution in [3.05, 3.63) is 54.9 Å². The molecule has 0 saturated heterocycles. The molecule has 0 aliphatic rings. The van der Waals surface area contributed by atoms with Gasteiger partial charge < -0.3 is 10.5 Å². The number of benzene rings is 2. The number of nitrogen functional groups attached to an aromatic ring is 1. The van der Waals surface area contributed by atoms with Gasteiger partial charge in [-0.25, -0.2) is 0 Å². The van der Waals surface area contributed by atoms with Crippen LogP contribution >= 0.6 is 0 Å². The summed E-state index contributed by atoms with van der Waals surface area (Å²) in [5.41, 5.74) is 7.07. The summed E-state index contributed by atoms with van der Waals surface area (Å²) < 4.78 is 7.49. The lowest BCUT2D eigenvalue weighted by Crippen LogP contribution is -1.97. The van der Waals surface area contributed by atoms with Crippen molar-refractivity contribution < 1.29 is 4.74 Å². The van der Waals surface area contributed by atoms with Crippen LogP contribution < -0.4 is 10.5 Å². The fraction of sp³-hybridized carbons (Fsp3) is 0. The Morgan fingerprint density at radius 3 is 2.52 bits per heavy atom. The van der Waals surface area contributed by atoms with Gasteiger partial charge in [0.1, 0.15) is 12.1 Å². The summed E-state index contributed by atoms with van der Waals surface area (Å²) in [4.78, 5) is 0. The van der Waals surface area contributed by atoms with Crippen molar-refractivity contribution in [1.29, 1.82) is 0 Å². The number of hydrogen-bond acceptors (Lipinski definition) is 5. The van der Waals surface area contributed by atoms with Crippen LogP contribution in [0.5, 0.6) is 11.6 Å². The second kappa shape index (κ2) is 4.45. The Morgan fingerprint density at radius 1 is 0.952 bits per heavy atom. The molecule has 0 atom stereocenters. The maximum Gasteiger partial charge on any atom is 0.245 e. The third-order valence-electron chi connectivity index (χ3n) is 3.22. The number of aromatic nitrogens is 4. The summed E-state index contributed by atoms with van der Waals surface area (Å²) >= 11 is 0. The summed E-state index contributed by atoms with van der Waals surface area (Å²) in [7, 11) is 0. The zero-order valence-electron chi connectivity index (χ0n) is 11.0. The average molecular weight is 277 g/mol. The molecule has 0 unspecified atom stereocenters. The van der Waals surface area contributed by atoms with Gasteiger partial charge in [0.05, 0.1) is 0 Å². The Kier molecular flexibility index (Phi) is 2.47. The van der Waals surface area contributed by atoms with E-state index in [0.29, 0.717) is 23.0 Å². The van der Waals surface area contributed by atoms with E-state index in [4.69, 9.17) is 10.5 Å². The molecule has 0 amide bonds. The number of rotatable bonds is 2. The maximum absolute atomic E-state index is 5.88. The molecule has 0 saturated carbocycles. The van der Waals surface area contributed by atoms with Crippen molar-refractivity contribution in [3.63, 3.8) is 0 Å². The predicted molar refractivity (Wildman–Crippen MR) is 79.2 cm³/mol. The molecule has 2 aromatic heterocycles. The Labute approximate surface area is 119 Å². The molecule has 4 aromatic rings. The molecule has 2 heterocycles. The minimum Gasteiger partial charge on any atom is -0.437 e. The van der Waals surface area contributed by atoms with Crippen LogP contribution in [0.3, 0.4) is 0 Å². The molecule has 0 aliphatic heterocycles. The first-order valence-corrected chi connectivity index (χ1v) is 6.43. The van der Waals surface area contributed by atoms with Gasteiger partial charge in [-0.3, -0.25) is 0 Å². The highest BCUT2D eigenvalue weighted by atomic mass is 16.5. The molecular weight excluding hydrogens is 266 g/mol. The summed E-state index contributed by atoms with van der Waals surface area (Å²) in [6.45, 7) is 0. The van der Waals surface area contributed by atoms with Gasteiger partial charge in [-0.05, 0) is 30.3 Å². The van der Waals surface area contributed by atoms with Crippen LogP contribution in [-0.4, -0.2) is 19.8 Å². The SMILES string of the molecule is Nc1ccc(Oc2nn3cnnc3c3ccccc23)cc1. The minimum atomic E-state index is 0.502. The zero-order valence-corrected chi connectivity index (χ0v) is 11.0. The number of hydrogen-bond donors (Lipinski definition) is 1. The van der Waals surface area contributed by atoms with E-state index in [9.17, 15) is 0 Å². The summed E-state index contributed by atoms with van der Waals surface area (Å²) in [6, 6.07) is 15.0. The lowest BCUT2D eigenvalue weighted by Gasteiger charge is -2.08. The Hall–Kier alpha value is -3.15. The summed E-state index contributed by atoms with van der Waals surface area (Å²) in [5, 5.41) is 14.2. The van der Waals surface area contributed by atoms with E-state index in [0.717, 1.165) is 10.8 Å². The Balaban J connectivity index is 1.91. The standard InChI is InChI=1S/C15H11N5O/c16-10-5-7-11(8-6-10)21-15-13-4-2-1-3-12(13)14-18-17-9-20(14)19-15/h1-9H,16H2. The second-order valence-corrected chi connectivity index (χ2v) is 4.62. The molecule has 21 heavy (non-hydrogen) atoms. The van der Waals surface area contributed by atoms with Crippen LogP contribution in [0.2, 0.25) is 0 Å². The minimum absolute atomic E-state index is 0.502. The van der Waals surface area contributed by atoms with Crippen molar-refractivity contribution in [2.45, 2.75) is 0 Å². The van der Waals surface area contributed by atoms with Crippen molar-refractivity contribution in [3.8, 4) is 11.6 Å².